The Morgan fingerprint density at radius 1 is 1.48 bits per heavy atom. The van der Waals surface area contributed by atoms with Gasteiger partial charge in [0.15, 0.2) is 5.13 Å². The lowest BCUT2D eigenvalue weighted by molar-refractivity contribution is -0.142. The maximum Gasteiger partial charge on any atom is 0.315 e. The van der Waals surface area contributed by atoms with E-state index >= 15 is 0 Å². The number of rotatable bonds is 6. The minimum absolute atomic E-state index is 0.456. The number of carboxylic acids is 1. The summed E-state index contributed by atoms with van der Waals surface area (Å²) < 4.78 is 0. The lowest BCUT2D eigenvalue weighted by atomic mass is 9.83. The predicted octanol–water partition coefficient (Wildman–Crippen LogP) is 4.28. The highest BCUT2D eigenvalue weighted by Gasteiger charge is 2.32. The molecule has 0 aromatic carbocycles. The van der Waals surface area contributed by atoms with E-state index in [2.05, 4.69) is 17.2 Å². The number of carboxylic acid groups (broad SMARTS) is 1. The molecule has 0 bridgehead atoms. The summed E-state index contributed by atoms with van der Waals surface area (Å²) in [6, 6.07) is 0.456. The third-order valence-electron chi connectivity index (χ3n) is 4.65. The van der Waals surface area contributed by atoms with Gasteiger partial charge in [-0.3, -0.25) is 4.79 Å². The highest BCUT2D eigenvalue weighted by molar-refractivity contribution is 7.13. The lowest BCUT2D eigenvalue weighted by Gasteiger charge is -2.30. The molecule has 1 unspecified atom stereocenters. The number of aliphatic carboxylic acids is 1. The molecule has 2 N–H and O–H groups in total. The molecule has 21 heavy (non-hydrogen) atoms. The van der Waals surface area contributed by atoms with Crippen LogP contribution in [0.2, 0.25) is 0 Å². The summed E-state index contributed by atoms with van der Waals surface area (Å²) in [6.45, 7) is 5.61. The first-order chi connectivity index (χ1) is 9.95. The van der Waals surface area contributed by atoms with E-state index in [1.54, 1.807) is 13.8 Å². The largest absolute Gasteiger partial charge is 0.481 e. The number of nitrogens with zero attached hydrogens (tertiary/aromatic N) is 1. The SMILES string of the molecule is CCC(Nc1nc(C(C)(C)C(=O)O)cs1)C1CCCCC1. The summed E-state index contributed by atoms with van der Waals surface area (Å²) in [7, 11) is 0. The number of thiazole rings is 1. The van der Waals surface area contributed by atoms with Crippen molar-refractivity contribution >= 4 is 22.4 Å². The molecular formula is C16H26N2O2S. The van der Waals surface area contributed by atoms with Crippen molar-refractivity contribution in [3.8, 4) is 0 Å². The summed E-state index contributed by atoms with van der Waals surface area (Å²) in [5, 5.41) is 15.5. The Morgan fingerprint density at radius 2 is 2.14 bits per heavy atom. The summed E-state index contributed by atoms with van der Waals surface area (Å²) in [5.41, 5.74) is -0.288. The summed E-state index contributed by atoms with van der Waals surface area (Å²) >= 11 is 1.52. The van der Waals surface area contributed by atoms with Crippen LogP contribution in [-0.2, 0) is 10.2 Å². The third kappa shape index (κ3) is 3.76. The molecule has 1 heterocycles. The average Bonchev–Trinajstić information content (AvgIpc) is 2.94. The fraction of sp³-hybridized carbons (Fsp3) is 0.750. The van der Waals surface area contributed by atoms with Crippen molar-refractivity contribution in [3.05, 3.63) is 11.1 Å². The molecule has 2 rings (SSSR count). The molecule has 0 amide bonds. The highest BCUT2D eigenvalue weighted by Crippen LogP contribution is 2.32. The lowest BCUT2D eigenvalue weighted by Crippen LogP contribution is -2.31. The van der Waals surface area contributed by atoms with Gasteiger partial charge in [0.2, 0.25) is 0 Å². The topological polar surface area (TPSA) is 62.2 Å². The standard InChI is InChI=1S/C16H26N2O2S/c1-4-12(11-8-6-5-7-9-11)17-15-18-13(10-21-15)16(2,3)14(19)20/h10-12H,4-9H2,1-3H3,(H,17,18)(H,19,20). The van der Waals surface area contributed by atoms with Crippen LogP contribution in [0.4, 0.5) is 5.13 Å². The van der Waals surface area contributed by atoms with Crippen molar-refractivity contribution in [1.82, 2.24) is 4.98 Å². The predicted molar refractivity (Wildman–Crippen MR) is 87.1 cm³/mol. The Kier molecular flexibility index (Phi) is 5.25. The van der Waals surface area contributed by atoms with Gasteiger partial charge in [0.1, 0.15) is 5.41 Å². The Bertz CT molecular complexity index is 478. The van der Waals surface area contributed by atoms with Gasteiger partial charge in [-0.05, 0) is 39.0 Å². The van der Waals surface area contributed by atoms with E-state index in [1.807, 2.05) is 5.38 Å². The number of aromatic nitrogens is 1. The fourth-order valence-corrected chi connectivity index (χ4v) is 3.93. The minimum Gasteiger partial charge on any atom is -0.481 e. The van der Waals surface area contributed by atoms with Crippen LogP contribution in [-0.4, -0.2) is 22.1 Å². The van der Waals surface area contributed by atoms with Crippen LogP contribution in [0.3, 0.4) is 0 Å². The van der Waals surface area contributed by atoms with Crippen molar-refractivity contribution in [3.63, 3.8) is 0 Å². The number of hydrogen-bond acceptors (Lipinski definition) is 4. The first-order valence-electron chi connectivity index (χ1n) is 7.91. The zero-order chi connectivity index (χ0) is 15.5. The van der Waals surface area contributed by atoms with E-state index in [-0.39, 0.29) is 0 Å². The molecule has 118 valence electrons. The van der Waals surface area contributed by atoms with E-state index in [4.69, 9.17) is 0 Å². The second-order valence-electron chi connectivity index (χ2n) is 6.53. The van der Waals surface area contributed by atoms with Crippen LogP contribution in [0, 0.1) is 5.92 Å². The van der Waals surface area contributed by atoms with Crippen molar-refractivity contribution in [1.29, 1.82) is 0 Å². The summed E-state index contributed by atoms with van der Waals surface area (Å²) in [4.78, 5) is 15.8. The van der Waals surface area contributed by atoms with Gasteiger partial charge in [0.25, 0.3) is 0 Å². The third-order valence-corrected chi connectivity index (χ3v) is 5.42. The molecule has 0 aliphatic heterocycles. The van der Waals surface area contributed by atoms with Gasteiger partial charge >= 0.3 is 5.97 Å². The molecule has 1 aliphatic carbocycles. The van der Waals surface area contributed by atoms with Crippen LogP contribution in [0.15, 0.2) is 5.38 Å². The second-order valence-corrected chi connectivity index (χ2v) is 7.38. The van der Waals surface area contributed by atoms with Crippen molar-refractivity contribution < 1.29 is 9.90 Å². The zero-order valence-corrected chi connectivity index (χ0v) is 14.0. The molecular weight excluding hydrogens is 284 g/mol. The molecule has 0 radical (unpaired) electrons. The molecule has 5 heteroatoms. The van der Waals surface area contributed by atoms with Crippen molar-refractivity contribution in [2.45, 2.75) is 70.8 Å². The maximum atomic E-state index is 11.3. The molecule has 1 aromatic heterocycles. The van der Waals surface area contributed by atoms with Gasteiger partial charge in [-0.25, -0.2) is 4.98 Å². The smallest absolute Gasteiger partial charge is 0.315 e. The van der Waals surface area contributed by atoms with E-state index in [0.717, 1.165) is 17.5 Å². The number of hydrogen-bond donors (Lipinski definition) is 2. The first-order valence-corrected chi connectivity index (χ1v) is 8.79. The molecule has 4 nitrogen and oxygen atoms in total. The number of nitrogens with one attached hydrogen (secondary N) is 1. The Hall–Kier alpha value is -1.10. The summed E-state index contributed by atoms with van der Waals surface area (Å²) in [5.74, 6) is -0.109. The Balaban J connectivity index is 2.05. The molecule has 0 spiro atoms. The second kappa shape index (κ2) is 6.77. The zero-order valence-electron chi connectivity index (χ0n) is 13.2. The van der Waals surface area contributed by atoms with E-state index in [0.29, 0.717) is 11.7 Å². The summed E-state index contributed by atoms with van der Waals surface area (Å²) in [6.07, 6.45) is 7.70. The number of anilines is 1. The first kappa shape index (κ1) is 16.3. The molecule has 1 aromatic rings. The van der Waals surface area contributed by atoms with E-state index in [9.17, 15) is 9.90 Å². The van der Waals surface area contributed by atoms with Gasteiger partial charge in [-0.2, -0.15) is 0 Å². The Morgan fingerprint density at radius 3 is 2.71 bits per heavy atom. The van der Waals surface area contributed by atoms with Crippen LogP contribution in [0.1, 0.15) is 65.0 Å². The quantitative estimate of drug-likeness (QED) is 0.823. The van der Waals surface area contributed by atoms with Crippen molar-refractivity contribution in [2.24, 2.45) is 5.92 Å². The van der Waals surface area contributed by atoms with Crippen LogP contribution in [0.5, 0.6) is 0 Å². The fourth-order valence-electron chi connectivity index (χ4n) is 2.99. The van der Waals surface area contributed by atoms with E-state index in [1.165, 1.54) is 43.4 Å². The minimum atomic E-state index is -0.928. The van der Waals surface area contributed by atoms with E-state index < -0.39 is 11.4 Å². The molecule has 1 fully saturated rings. The molecule has 0 saturated heterocycles. The molecule has 1 saturated carbocycles. The van der Waals surface area contributed by atoms with Crippen LogP contribution < -0.4 is 5.32 Å². The van der Waals surface area contributed by atoms with Crippen molar-refractivity contribution in [2.75, 3.05) is 5.32 Å². The van der Waals surface area contributed by atoms with Gasteiger partial charge in [0, 0.05) is 11.4 Å². The maximum absolute atomic E-state index is 11.3. The Labute approximate surface area is 131 Å². The van der Waals surface area contributed by atoms with Gasteiger partial charge in [-0.1, -0.05) is 26.2 Å². The van der Waals surface area contributed by atoms with Gasteiger partial charge in [0.05, 0.1) is 5.69 Å². The monoisotopic (exact) mass is 310 g/mol. The molecule has 1 atom stereocenters. The van der Waals surface area contributed by atoms with Gasteiger partial charge < -0.3 is 10.4 Å². The molecule has 1 aliphatic rings. The van der Waals surface area contributed by atoms with Gasteiger partial charge in [-0.15, -0.1) is 11.3 Å². The normalized spacial score (nSPS) is 18.4. The van der Waals surface area contributed by atoms with Crippen LogP contribution in [0.25, 0.3) is 0 Å². The van der Waals surface area contributed by atoms with Crippen LogP contribution >= 0.6 is 11.3 Å². The number of carbonyl (C=O) groups is 1. The highest BCUT2D eigenvalue weighted by atomic mass is 32.1. The average molecular weight is 310 g/mol.